The van der Waals surface area contributed by atoms with Crippen molar-refractivity contribution in [3.05, 3.63) is 57.6 Å². The molecule has 0 spiro atoms. The third-order valence-corrected chi connectivity index (χ3v) is 5.71. The van der Waals surface area contributed by atoms with Crippen molar-refractivity contribution in [2.45, 2.75) is 34.6 Å². The largest absolute Gasteiger partial charge is 0.378 e. The number of carbonyl (C=O) groups excluding carboxylic acids is 1. The molecule has 1 amide bonds. The van der Waals surface area contributed by atoms with Gasteiger partial charge < -0.3 is 9.80 Å². The van der Waals surface area contributed by atoms with E-state index in [1.807, 2.05) is 32.0 Å². The van der Waals surface area contributed by atoms with E-state index < -0.39 is 0 Å². The van der Waals surface area contributed by atoms with Crippen LogP contribution in [-0.4, -0.2) is 26.5 Å². The van der Waals surface area contributed by atoms with Crippen LogP contribution in [-0.2, 0) is 4.79 Å². The Morgan fingerprint density at radius 3 is 2.04 bits per heavy atom. The Balaban J connectivity index is 2.20. The van der Waals surface area contributed by atoms with Crippen LogP contribution in [0.1, 0.15) is 40.3 Å². The van der Waals surface area contributed by atoms with Gasteiger partial charge in [0.15, 0.2) is 0 Å². The molecule has 3 rings (SSSR count). The molecule has 0 aliphatic carbocycles. The number of hydrogen-bond donors (Lipinski definition) is 0. The molecule has 136 valence electrons. The molecular formula is C23H28N2O. The van der Waals surface area contributed by atoms with Gasteiger partial charge in [-0.05, 0) is 80.6 Å². The zero-order valence-corrected chi connectivity index (χ0v) is 16.9. The van der Waals surface area contributed by atoms with Crippen molar-refractivity contribution >= 4 is 28.9 Å². The minimum absolute atomic E-state index is 0.107. The van der Waals surface area contributed by atoms with Crippen molar-refractivity contribution in [2.75, 3.05) is 30.4 Å². The third-order valence-electron chi connectivity index (χ3n) is 5.71. The second-order valence-electron chi connectivity index (χ2n) is 7.32. The maximum absolute atomic E-state index is 13.1. The van der Waals surface area contributed by atoms with Crippen molar-refractivity contribution in [3.63, 3.8) is 0 Å². The Morgan fingerprint density at radius 1 is 0.923 bits per heavy atom. The minimum atomic E-state index is 0.107. The standard InChI is InChI=1S/C23H28N2O/c1-8-25-22-17(5)15(3)14(2)16(4)21(22)20(23(25)26)13-18-9-11-19(12-10-18)24(6)7/h9-13H,8H2,1-7H3/b20-13-. The fraction of sp³-hybridized carbons (Fsp3) is 0.348. The van der Waals surface area contributed by atoms with Crippen LogP contribution in [0.3, 0.4) is 0 Å². The Kier molecular flexibility index (Phi) is 4.66. The second-order valence-corrected chi connectivity index (χ2v) is 7.32. The van der Waals surface area contributed by atoms with Gasteiger partial charge in [-0.25, -0.2) is 0 Å². The molecule has 2 aromatic rings. The van der Waals surface area contributed by atoms with Gasteiger partial charge in [0.25, 0.3) is 5.91 Å². The van der Waals surface area contributed by atoms with Gasteiger partial charge in [-0.3, -0.25) is 4.79 Å². The average molecular weight is 348 g/mol. The predicted molar refractivity (Wildman–Crippen MR) is 112 cm³/mol. The van der Waals surface area contributed by atoms with Crippen LogP contribution in [0, 0.1) is 27.7 Å². The summed E-state index contributed by atoms with van der Waals surface area (Å²) in [5, 5.41) is 0. The summed E-state index contributed by atoms with van der Waals surface area (Å²) in [6.07, 6.45) is 2.04. The van der Waals surface area contributed by atoms with Crippen LogP contribution >= 0.6 is 0 Å². The summed E-state index contributed by atoms with van der Waals surface area (Å²) in [5.74, 6) is 0.107. The summed E-state index contributed by atoms with van der Waals surface area (Å²) >= 11 is 0. The molecule has 0 atom stereocenters. The number of anilines is 2. The summed E-state index contributed by atoms with van der Waals surface area (Å²) in [4.78, 5) is 17.1. The topological polar surface area (TPSA) is 23.6 Å². The van der Waals surface area contributed by atoms with E-state index in [1.54, 1.807) is 0 Å². The van der Waals surface area contributed by atoms with Crippen molar-refractivity contribution in [1.82, 2.24) is 0 Å². The number of nitrogens with zero attached hydrogens (tertiary/aromatic N) is 2. The summed E-state index contributed by atoms with van der Waals surface area (Å²) in [6.45, 7) is 11.3. The van der Waals surface area contributed by atoms with Gasteiger partial charge in [-0.15, -0.1) is 0 Å². The molecule has 0 unspecified atom stereocenters. The number of hydrogen-bond acceptors (Lipinski definition) is 2. The van der Waals surface area contributed by atoms with Gasteiger partial charge in [0, 0.05) is 31.9 Å². The van der Waals surface area contributed by atoms with Gasteiger partial charge in [0.05, 0.1) is 11.3 Å². The molecule has 0 N–H and O–H groups in total. The molecule has 0 radical (unpaired) electrons. The number of carbonyl (C=O) groups is 1. The van der Waals surface area contributed by atoms with E-state index in [0.29, 0.717) is 6.54 Å². The molecule has 0 saturated carbocycles. The van der Waals surface area contributed by atoms with Crippen molar-refractivity contribution in [3.8, 4) is 0 Å². The minimum Gasteiger partial charge on any atom is -0.378 e. The molecule has 0 fully saturated rings. The van der Waals surface area contributed by atoms with E-state index in [2.05, 4.69) is 56.9 Å². The summed E-state index contributed by atoms with van der Waals surface area (Å²) in [6, 6.07) is 8.33. The van der Waals surface area contributed by atoms with Gasteiger partial charge >= 0.3 is 0 Å². The van der Waals surface area contributed by atoms with Gasteiger partial charge in [0.2, 0.25) is 0 Å². The number of benzene rings is 2. The van der Waals surface area contributed by atoms with Crippen LogP contribution in [0.25, 0.3) is 11.6 Å². The maximum Gasteiger partial charge on any atom is 0.259 e. The molecule has 3 heteroatoms. The first-order valence-electron chi connectivity index (χ1n) is 9.19. The quantitative estimate of drug-likeness (QED) is 0.737. The Bertz CT molecular complexity index is 905. The van der Waals surface area contributed by atoms with E-state index >= 15 is 0 Å². The van der Waals surface area contributed by atoms with E-state index in [9.17, 15) is 4.79 Å². The van der Waals surface area contributed by atoms with E-state index in [1.165, 1.54) is 22.3 Å². The monoisotopic (exact) mass is 348 g/mol. The molecule has 3 nitrogen and oxygen atoms in total. The zero-order valence-electron chi connectivity index (χ0n) is 16.9. The Morgan fingerprint density at radius 2 is 1.50 bits per heavy atom. The molecule has 0 saturated heterocycles. The molecule has 0 bridgehead atoms. The molecule has 0 aromatic heterocycles. The Hall–Kier alpha value is -2.55. The molecule has 1 aliphatic heterocycles. The third kappa shape index (κ3) is 2.72. The van der Waals surface area contributed by atoms with Gasteiger partial charge in [-0.1, -0.05) is 12.1 Å². The average Bonchev–Trinajstić information content (AvgIpc) is 2.90. The Labute approximate surface area is 156 Å². The van der Waals surface area contributed by atoms with Crippen LogP contribution < -0.4 is 9.80 Å². The summed E-state index contributed by atoms with van der Waals surface area (Å²) in [5.41, 5.74) is 10.2. The van der Waals surface area contributed by atoms with Crippen LogP contribution in [0.2, 0.25) is 0 Å². The second kappa shape index (κ2) is 6.64. The lowest BCUT2D eigenvalue weighted by Gasteiger charge is -2.20. The lowest BCUT2D eigenvalue weighted by Crippen LogP contribution is -2.26. The van der Waals surface area contributed by atoms with Gasteiger partial charge in [0.1, 0.15) is 0 Å². The van der Waals surface area contributed by atoms with Crippen molar-refractivity contribution < 1.29 is 4.79 Å². The SMILES string of the molecule is CCN1C(=O)/C(=C\c2ccc(N(C)C)cc2)c2c(C)c(C)c(C)c(C)c21. The number of likely N-dealkylation sites (N-methyl/N-ethyl adjacent to an activating group) is 1. The molecule has 26 heavy (non-hydrogen) atoms. The van der Waals surface area contributed by atoms with Crippen LogP contribution in [0.15, 0.2) is 24.3 Å². The first-order valence-corrected chi connectivity index (χ1v) is 9.19. The molecule has 1 heterocycles. The first kappa shape index (κ1) is 18.2. The van der Waals surface area contributed by atoms with Crippen LogP contribution in [0.4, 0.5) is 11.4 Å². The van der Waals surface area contributed by atoms with Crippen molar-refractivity contribution in [1.29, 1.82) is 0 Å². The highest BCUT2D eigenvalue weighted by molar-refractivity contribution is 6.36. The fourth-order valence-corrected chi connectivity index (χ4v) is 3.78. The number of fused-ring (bicyclic) bond motifs is 1. The lowest BCUT2D eigenvalue weighted by molar-refractivity contribution is -0.112. The van der Waals surface area contributed by atoms with E-state index in [0.717, 1.165) is 28.1 Å². The fourth-order valence-electron chi connectivity index (χ4n) is 3.78. The van der Waals surface area contributed by atoms with E-state index in [-0.39, 0.29) is 5.91 Å². The van der Waals surface area contributed by atoms with E-state index in [4.69, 9.17) is 0 Å². The number of amides is 1. The molecular weight excluding hydrogens is 320 g/mol. The van der Waals surface area contributed by atoms with Gasteiger partial charge in [-0.2, -0.15) is 0 Å². The number of rotatable bonds is 3. The predicted octanol–water partition coefficient (Wildman–Crippen LogP) is 4.89. The zero-order chi connectivity index (χ0) is 19.2. The van der Waals surface area contributed by atoms with Crippen molar-refractivity contribution in [2.24, 2.45) is 0 Å². The van der Waals surface area contributed by atoms with Crippen LogP contribution in [0.5, 0.6) is 0 Å². The maximum atomic E-state index is 13.1. The molecule has 1 aliphatic rings. The molecule has 2 aromatic carbocycles. The summed E-state index contributed by atoms with van der Waals surface area (Å²) in [7, 11) is 4.06. The first-order chi connectivity index (χ1) is 12.3. The smallest absolute Gasteiger partial charge is 0.259 e. The highest BCUT2D eigenvalue weighted by atomic mass is 16.2. The highest BCUT2D eigenvalue weighted by Crippen LogP contribution is 2.44. The highest BCUT2D eigenvalue weighted by Gasteiger charge is 2.35. The lowest BCUT2D eigenvalue weighted by atomic mass is 9.90. The normalized spacial score (nSPS) is 15.0. The summed E-state index contributed by atoms with van der Waals surface area (Å²) < 4.78 is 0.